The third-order valence-electron chi connectivity index (χ3n) is 7.21. The first-order chi connectivity index (χ1) is 17.3. The number of fused-ring (bicyclic) bond motifs is 1. The van der Waals surface area contributed by atoms with Gasteiger partial charge < -0.3 is 20.2 Å². The molecule has 0 radical (unpaired) electrons. The van der Waals surface area contributed by atoms with Gasteiger partial charge in [-0.3, -0.25) is 9.69 Å². The molecule has 2 aliphatic rings. The summed E-state index contributed by atoms with van der Waals surface area (Å²) in [4.78, 5) is 19.1. The van der Waals surface area contributed by atoms with Crippen LogP contribution in [-0.2, 0) is 30.5 Å². The summed E-state index contributed by atoms with van der Waals surface area (Å²) in [5, 5.41) is 13.7. The Labute approximate surface area is 210 Å². The van der Waals surface area contributed by atoms with Crippen molar-refractivity contribution in [1.29, 1.82) is 0 Å². The highest BCUT2D eigenvalue weighted by Gasteiger charge is 2.34. The molecule has 0 aliphatic carbocycles. The Morgan fingerprint density at radius 3 is 2.61 bits per heavy atom. The van der Waals surface area contributed by atoms with Crippen LogP contribution in [-0.4, -0.2) is 71.2 Å². The molecule has 2 N–H and O–H groups in total. The summed E-state index contributed by atoms with van der Waals surface area (Å²) < 4.78 is 40.8. The Morgan fingerprint density at radius 2 is 1.89 bits per heavy atom. The highest BCUT2D eigenvalue weighted by Crippen LogP contribution is 2.32. The lowest BCUT2D eigenvalue weighted by atomic mass is 9.96. The van der Waals surface area contributed by atoms with E-state index < -0.39 is 18.0 Å². The molecular weight excluding hydrogens is 469 g/mol. The molecule has 2 aromatic carbocycles. The Morgan fingerprint density at radius 1 is 1.14 bits per heavy atom. The number of hydrogen-bond acceptors (Lipinski definition) is 5. The number of halogens is 3. The number of carbonyl (C=O) groups is 1. The van der Waals surface area contributed by atoms with Crippen molar-refractivity contribution < 1.29 is 23.1 Å². The molecule has 1 amide bonds. The number of aliphatic hydroxyl groups is 1. The van der Waals surface area contributed by atoms with Gasteiger partial charge in [0.1, 0.15) is 6.23 Å². The molecule has 0 saturated carbocycles. The van der Waals surface area contributed by atoms with Crippen LogP contribution < -0.4 is 5.32 Å². The molecule has 36 heavy (non-hydrogen) atoms. The summed E-state index contributed by atoms with van der Waals surface area (Å²) in [6, 6.07) is 11.3. The molecule has 1 saturated heterocycles. The molecule has 1 unspecified atom stereocenters. The topological polar surface area (TPSA) is 59.1 Å². The van der Waals surface area contributed by atoms with E-state index in [-0.39, 0.29) is 24.6 Å². The molecule has 9 heteroatoms. The minimum Gasteiger partial charge on any atom is -0.378 e. The number of aliphatic hydroxyl groups excluding tert-OH is 1. The molecular formula is C27H35F3N4O2. The molecule has 0 spiro atoms. The van der Waals surface area contributed by atoms with Gasteiger partial charge in [-0.05, 0) is 61.3 Å². The number of hydrogen-bond donors (Lipinski definition) is 2. The largest absolute Gasteiger partial charge is 0.416 e. The number of carbonyl (C=O) groups excluding carboxylic acids is 1. The Kier molecular flexibility index (Phi) is 8.54. The predicted octanol–water partition coefficient (Wildman–Crippen LogP) is 3.94. The fraction of sp³-hybridized carbons (Fsp3) is 0.519. The highest BCUT2D eigenvalue weighted by molar-refractivity contribution is 5.81. The van der Waals surface area contributed by atoms with Gasteiger partial charge in [-0.1, -0.05) is 37.3 Å². The summed E-state index contributed by atoms with van der Waals surface area (Å²) in [6.07, 6.45) is -2.40. The van der Waals surface area contributed by atoms with Crippen molar-refractivity contribution in [1.82, 2.24) is 14.7 Å². The number of likely N-dealkylation sites (tertiary alicyclic amines) is 1. The monoisotopic (exact) mass is 504 g/mol. The average Bonchev–Trinajstić information content (AvgIpc) is 3.38. The maximum Gasteiger partial charge on any atom is 0.416 e. The highest BCUT2D eigenvalue weighted by atomic mass is 19.4. The van der Waals surface area contributed by atoms with Gasteiger partial charge in [0.2, 0.25) is 5.91 Å². The maximum atomic E-state index is 13.6. The second-order valence-electron chi connectivity index (χ2n) is 9.56. The molecule has 2 aromatic rings. The van der Waals surface area contributed by atoms with Crippen LogP contribution in [0.3, 0.4) is 0 Å². The van der Waals surface area contributed by atoms with Crippen LogP contribution in [0.15, 0.2) is 42.5 Å². The lowest BCUT2D eigenvalue weighted by Crippen LogP contribution is -2.41. The summed E-state index contributed by atoms with van der Waals surface area (Å²) in [6.45, 7) is 6.15. The zero-order chi connectivity index (χ0) is 25.7. The number of nitrogens with zero attached hydrogens (tertiary/aromatic N) is 3. The number of nitrogens with one attached hydrogen (secondary N) is 1. The summed E-state index contributed by atoms with van der Waals surface area (Å²) in [5.74, 6) is -0.254. The van der Waals surface area contributed by atoms with Crippen molar-refractivity contribution >= 4 is 11.6 Å². The number of alkyl halides is 3. The quantitative estimate of drug-likeness (QED) is 0.542. The minimum atomic E-state index is -4.48. The van der Waals surface area contributed by atoms with E-state index in [1.807, 2.05) is 30.0 Å². The van der Waals surface area contributed by atoms with Crippen LogP contribution in [0.1, 0.15) is 42.0 Å². The maximum absolute atomic E-state index is 13.6. The average molecular weight is 505 g/mol. The van der Waals surface area contributed by atoms with Gasteiger partial charge in [0.25, 0.3) is 0 Å². The SMILES string of the molecule is CCN1Cc2cccc(NCC(=O)N(CCN3CCCC3)Cc3ccccc3C(F)(F)F)c2CC1O. The molecule has 1 fully saturated rings. The van der Waals surface area contributed by atoms with Crippen LogP contribution in [0.5, 0.6) is 0 Å². The second-order valence-corrected chi connectivity index (χ2v) is 9.56. The van der Waals surface area contributed by atoms with Crippen molar-refractivity contribution in [2.24, 2.45) is 0 Å². The zero-order valence-electron chi connectivity index (χ0n) is 20.7. The Bertz CT molecular complexity index is 1040. The number of anilines is 1. The van der Waals surface area contributed by atoms with Gasteiger partial charge in [0, 0.05) is 38.3 Å². The molecule has 0 bridgehead atoms. The van der Waals surface area contributed by atoms with Gasteiger partial charge in [0.15, 0.2) is 0 Å². The lowest BCUT2D eigenvalue weighted by molar-refractivity contribution is -0.139. The fourth-order valence-corrected chi connectivity index (χ4v) is 5.13. The van der Waals surface area contributed by atoms with Gasteiger partial charge in [-0.2, -0.15) is 13.2 Å². The second kappa shape index (κ2) is 11.6. The molecule has 4 rings (SSSR count). The van der Waals surface area contributed by atoms with E-state index in [1.54, 1.807) is 6.07 Å². The molecule has 6 nitrogen and oxygen atoms in total. The van der Waals surface area contributed by atoms with Crippen molar-refractivity contribution in [2.45, 2.75) is 51.7 Å². The van der Waals surface area contributed by atoms with Crippen LogP contribution >= 0.6 is 0 Å². The Hall–Kier alpha value is -2.62. The van der Waals surface area contributed by atoms with E-state index >= 15 is 0 Å². The first-order valence-electron chi connectivity index (χ1n) is 12.7. The summed E-state index contributed by atoms with van der Waals surface area (Å²) in [7, 11) is 0. The van der Waals surface area contributed by atoms with E-state index in [9.17, 15) is 23.1 Å². The number of benzene rings is 2. The van der Waals surface area contributed by atoms with E-state index in [4.69, 9.17) is 0 Å². The molecule has 2 aliphatic heterocycles. The van der Waals surface area contributed by atoms with E-state index in [1.165, 1.54) is 17.0 Å². The standard InChI is InChI=1S/C27H35F3N4O2/c1-2-33-18-20-9-7-11-24(22(20)16-25(33)35)31-17-26(36)34(15-14-32-12-5-6-13-32)19-21-8-3-4-10-23(21)27(28,29)30/h3-4,7-11,25,31,35H,2,5-6,12-19H2,1H3. The third kappa shape index (κ3) is 6.38. The lowest BCUT2D eigenvalue weighted by Gasteiger charge is -2.34. The van der Waals surface area contributed by atoms with E-state index in [2.05, 4.69) is 10.2 Å². The molecule has 1 atom stereocenters. The first kappa shape index (κ1) is 26.4. The summed E-state index contributed by atoms with van der Waals surface area (Å²) >= 11 is 0. The van der Waals surface area contributed by atoms with Gasteiger partial charge in [0.05, 0.1) is 12.1 Å². The van der Waals surface area contributed by atoms with E-state index in [0.29, 0.717) is 26.1 Å². The van der Waals surface area contributed by atoms with Crippen molar-refractivity contribution in [3.63, 3.8) is 0 Å². The third-order valence-corrected chi connectivity index (χ3v) is 7.21. The number of amides is 1. The number of rotatable bonds is 9. The van der Waals surface area contributed by atoms with Crippen LogP contribution in [0.4, 0.5) is 18.9 Å². The molecule has 0 aromatic heterocycles. The van der Waals surface area contributed by atoms with Crippen LogP contribution in [0, 0.1) is 0 Å². The molecule has 2 heterocycles. The normalized spacial score (nSPS) is 18.8. The summed E-state index contributed by atoms with van der Waals surface area (Å²) in [5.41, 5.74) is 2.26. The van der Waals surface area contributed by atoms with Crippen molar-refractivity contribution in [3.05, 3.63) is 64.7 Å². The first-order valence-corrected chi connectivity index (χ1v) is 12.7. The van der Waals surface area contributed by atoms with E-state index in [0.717, 1.165) is 55.4 Å². The number of likely N-dealkylation sites (N-methyl/N-ethyl adjacent to an activating group) is 1. The van der Waals surface area contributed by atoms with Crippen molar-refractivity contribution in [2.75, 3.05) is 44.6 Å². The zero-order valence-corrected chi connectivity index (χ0v) is 20.7. The smallest absolute Gasteiger partial charge is 0.378 e. The Balaban J connectivity index is 1.48. The minimum absolute atomic E-state index is 0.0295. The predicted molar refractivity (Wildman–Crippen MR) is 133 cm³/mol. The van der Waals surface area contributed by atoms with Crippen LogP contribution in [0.25, 0.3) is 0 Å². The van der Waals surface area contributed by atoms with Gasteiger partial charge in [-0.15, -0.1) is 0 Å². The molecule has 196 valence electrons. The van der Waals surface area contributed by atoms with Crippen LogP contribution in [0.2, 0.25) is 0 Å². The fourth-order valence-electron chi connectivity index (χ4n) is 5.13. The van der Waals surface area contributed by atoms with Gasteiger partial charge >= 0.3 is 6.18 Å². The van der Waals surface area contributed by atoms with Crippen molar-refractivity contribution in [3.8, 4) is 0 Å². The van der Waals surface area contributed by atoms with Gasteiger partial charge in [-0.25, -0.2) is 0 Å².